The SMILES string of the molecule is O=C1C(=O)C(c2ccccc2)Oc2cccc(CO)c21. The lowest BCUT2D eigenvalue weighted by molar-refractivity contribution is -0.122. The second-order valence-electron chi connectivity index (χ2n) is 4.55. The Labute approximate surface area is 115 Å². The number of hydrogen-bond acceptors (Lipinski definition) is 4. The zero-order valence-electron chi connectivity index (χ0n) is 10.6. The van der Waals surface area contributed by atoms with Crippen molar-refractivity contribution in [2.45, 2.75) is 12.7 Å². The topological polar surface area (TPSA) is 63.6 Å². The number of ketones is 2. The van der Waals surface area contributed by atoms with Crippen LogP contribution in [0.4, 0.5) is 0 Å². The van der Waals surface area contributed by atoms with Gasteiger partial charge in [-0.1, -0.05) is 42.5 Å². The van der Waals surface area contributed by atoms with Gasteiger partial charge in [0.1, 0.15) is 5.75 Å². The number of carbonyl (C=O) groups is 2. The minimum absolute atomic E-state index is 0.173. The van der Waals surface area contributed by atoms with Crippen LogP contribution < -0.4 is 4.74 Å². The molecule has 1 heterocycles. The van der Waals surface area contributed by atoms with Crippen LogP contribution >= 0.6 is 0 Å². The van der Waals surface area contributed by atoms with Crippen molar-refractivity contribution >= 4 is 11.6 Å². The summed E-state index contributed by atoms with van der Waals surface area (Å²) >= 11 is 0. The average molecular weight is 268 g/mol. The van der Waals surface area contributed by atoms with Crippen LogP contribution in [0.2, 0.25) is 0 Å². The summed E-state index contributed by atoms with van der Waals surface area (Å²) < 4.78 is 5.66. The third kappa shape index (κ3) is 1.90. The molecule has 4 nitrogen and oxygen atoms in total. The van der Waals surface area contributed by atoms with E-state index >= 15 is 0 Å². The van der Waals surface area contributed by atoms with Gasteiger partial charge < -0.3 is 9.84 Å². The molecule has 0 radical (unpaired) electrons. The number of carbonyl (C=O) groups excluding carboxylic acids is 2. The maximum absolute atomic E-state index is 12.2. The van der Waals surface area contributed by atoms with E-state index < -0.39 is 17.7 Å². The second-order valence-corrected chi connectivity index (χ2v) is 4.55. The number of Topliss-reactive ketones (excluding diaryl/α,β-unsaturated/α-hetero) is 2. The van der Waals surface area contributed by atoms with Crippen molar-refractivity contribution < 1.29 is 19.4 Å². The highest BCUT2D eigenvalue weighted by atomic mass is 16.5. The first-order valence-electron chi connectivity index (χ1n) is 6.25. The van der Waals surface area contributed by atoms with Crippen LogP contribution in [0.5, 0.6) is 5.75 Å². The van der Waals surface area contributed by atoms with Crippen molar-refractivity contribution in [2.24, 2.45) is 0 Å². The fraction of sp³-hybridized carbons (Fsp3) is 0.125. The first-order chi connectivity index (χ1) is 9.72. The molecular formula is C16H12O4. The zero-order chi connectivity index (χ0) is 14.1. The molecule has 1 atom stereocenters. The van der Waals surface area contributed by atoms with Crippen molar-refractivity contribution in [2.75, 3.05) is 0 Å². The summed E-state index contributed by atoms with van der Waals surface area (Å²) in [5.74, 6) is -0.871. The highest BCUT2D eigenvalue weighted by Crippen LogP contribution is 2.34. The molecule has 100 valence electrons. The second kappa shape index (κ2) is 4.90. The maximum Gasteiger partial charge on any atom is 0.248 e. The van der Waals surface area contributed by atoms with E-state index in [1.807, 2.05) is 6.07 Å². The van der Waals surface area contributed by atoms with Gasteiger partial charge in [-0.15, -0.1) is 0 Å². The summed E-state index contributed by atoms with van der Waals surface area (Å²) in [6.45, 7) is -0.304. The number of rotatable bonds is 2. The van der Waals surface area contributed by atoms with Crippen LogP contribution in [0.25, 0.3) is 0 Å². The van der Waals surface area contributed by atoms with Gasteiger partial charge in [-0.25, -0.2) is 0 Å². The molecule has 0 saturated heterocycles. The van der Waals surface area contributed by atoms with Gasteiger partial charge in [0.05, 0.1) is 12.2 Å². The van der Waals surface area contributed by atoms with E-state index in [2.05, 4.69) is 0 Å². The normalized spacial score (nSPS) is 17.6. The van der Waals surface area contributed by atoms with Crippen LogP contribution in [-0.4, -0.2) is 16.7 Å². The monoisotopic (exact) mass is 268 g/mol. The van der Waals surface area contributed by atoms with Gasteiger partial charge >= 0.3 is 0 Å². The Morgan fingerprint density at radius 2 is 1.75 bits per heavy atom. The van der Waals surface area contributed by atoms with Crippen molar-refractivity contribution in [3.8, 4) is 5.75 Å². The maximum atomic E-state index is 12.2. The number of fused-ring (bicyclic) bond motifs is 1. The first-order valence-corrected chi connectivity index (χ1v) is 6.25. The van der Waals surface area contributed by atoms with Crippen molar-refractivity contribution in [3.05, 3.63) is 65.2 Å². The summed E-state index contributed by atoms with van der Waals surface area (Å²) in [7, 11) is 0. The standard InChI is InChI=1S/C16H12O4/c17-9-11-7-4-8-12-13(11)14(18)15(19)16(20-12)10-5-2-1-3-6-10/h1-8,16-17H,9H2. The van der Waals surface area contributed by atoms with Gasteiger partial charge in [-0.3, -0.25) is 9.59 Å². The van der Waals surface area contributed by atoms with Crippen molar-refractivity contribution in [3.63, 3.8) is 0 Å². The Bertz CT molecular complexity index is 676. The Morgan fingerprint density at radius 3 is 2.45 bits per heavy atom. The summed E-state index contributed by atoms with van der Waals surface area (Å²) in [5.41, 5.74) is 1.23. The van der Waals surface area contributed by atoms with E-state index in [-0.39, 0.29) is 12.2 Å². The lowest BCUT2D eigenvalue weighted by Gasteiger charge is -2.25. The zero-order valence-corrected chi connectivity index (χ0v) is 10.6. The average Bonchev–Trinajstić information content (AvgIpc) is 2.51. The molecule has 2 aromatic carbocycles. The van der Waals surface area contributed by atoms with E-state index in [1.54, 1.807) is 42.5 Å². The van der Waals surface area contributed by atoms with E-state index in [1.165, 1.54) is 0 Å². The number of aliphatic hydroxyl groups excluding tert-OH is 1. The number of ether oxygens (including phenoxy) is 1. The Morgan fingerprint density at radius 1 is 1.00 bits per heavy atom. The number of hydrogen-bond donors (Lipinski definition) is 1. The molecular weight excluding hydrogens is 256 g/mol. The smallest absolute Gasteiger partial charge is 0.248 e. The molecule has 2 aromatic rings. The summed E-state index contributed by atoms with van der Waals surface area (Å²) in [6.07, 6.45) is -0.912. The molecule has 1 unspecified atom stereocenters. The largest absolute Gasteiger partial charge is 0.477 e. The first kappa shape index (κ1) is 12.6. The quantitative estimate of drug-likeness (QED) is 0.847. The molecule has 0 fully saturated rings. The third-order valence-corrected chi connectivity index (χ3v) is 3.32. The minimum atomic E-state index is -0.912. The van der Waals surface area contributed by atoms with E-state index in [0.717, 1.165) is 0 Å². The Kier molecular flexibility index (Phi) is 3.08. The highest BCUT2D eigenvalue weighted by molar-refractivity contribution is 6.46. The molecule has 3 rings (SSSR count). The van der Waals surface area contributed by atoms with Gasteiger partial charge in [0.2, 0.25) is 11.6 Å². The van der Waals surface area contributed by atoms with Gasteiger partial charge in [0.25, 0.3) is 0 Å². The van der Waals surface area contributed by atoms with Gasteiger partial charge in [-0.05, 0) is 11.6 Å². The molecule has 0 amide bonds. The van der Waals surface area contributed by atoms with Gasteiger partial charge in [-0.2, -0.15) is 0 Å². The van der Waals surface area contributed by atoms with Crippen LogP contribution in [0.15, 0.2) is 48.5 Å². The molecule has 1 aliphatic rings. The van der Waals surface area contributed by atoms with Crippen molar-refractivity contribution in [1.82, 2.24) is 0 Å². The fourth-order valence-corrected chi connectivity index (χ4v) is 2.33. The van der Waals surface area contributed by atoms with E-state index in [4.69, 9.17) is 4.74 Å². The van der Waals surface area contributed by atoms with Gasteiger partial charge in [0.15, 0.2) is 6.10 Å². The van der Waals surface area contributed by atoms with Crippen LogP contribution in [-0.2, 0) is 11.4 Å². The number of aliphatic hydroxyl groups is 1. The lowest BCUT2D eigenvalue weighted by atomic mass is 9.92. The molecule has 0 aliphatic carbocycles. The fourth-order valence-electron chi connectivity index (χ4n) is 2.33. The lowest BCUT2D eigenvalue weighted by Crippen LogP contribution is -2.32. The third-order valence-electron chi connectivity index (χ3n) is 3.32. The van der Waals surface area contributed by atoms with Gasteiger partial charge in [0, 0.05) is 5.56 Å². The molecule has 1 N–H and O–H groups in total. The number of benzene rings is 2. The molecule has 0 aromatic heterocycles. The van der Waals surface area contributed by atoms with Crippen LogP contribution in [0.3, 0.4) is 0 Å². The molecule has 4 heteroatoms. The predicted molar refractivity (Wildman–Crippen MR) is 71.5 cm³/mol. The predicted octanol–water partition coefficient (Wildman–Crippen LogP) is 2.06. The van der Waals surface area contributed by atoms with Crippen molar-refractivity contribution in [1.29, 1.82) is 0 Å². The van der Waals surface area contributed by atoms with E-state index in [0.29, 0.717) is 16.9 Å². The minimum Gasteiger partial charge on any atom is -0.477 e. The molecule has 1 aliphatic heterocycles. The Hall–Kier alpha value is -2.46. The molecule has 0 saturated carbocycles. The molecule has 0 spiro atoms. The molecule has 0 bridgehead atoms. The van der Waals surface area contributed by atoms with E-state index in [9.17, 15) is 14.7 Å². The van der Waals surface area contributed by atoms with Crippen LogP contribution in [0.1, 0.15) is 27.6 Å². The summed E-state index contributed by atoms with van der Waals surface area (Å²) in [6, 6.07) is 13.8. The Balaban J connectivity index is 2.09. The highest BCUT2D eigenvalue weighted by Gasteiger charge is 2.37. The van der Waals surface area contributed by atoms with Crippen LogP contribution in [0, 0.1) is 0 Å². The molecule has 20 heavy (non-hydrogen) atoms. The summed E-state index contributed by atoms with van der Waals surface area (Å²) in [5, 5.41) is 9.26. The summed E-state index contributed by atoms with van der Waals surface area (Å²) in [4.78, 5) is 24.4.